The van der Waals surface area contributed by atoms with E-state index >= 15 is 0 Å². The van der Waals surface area contributed by atoms with Crippen molar-refractivity contribution in [2.24, 2.45) is 0 Å². The average molecular weight is 568 g/mol. The monoisotopic (exact) mass is 567 g/mol. The minimum absolute atomic E-state index is 0.0196. The molecule has 2 N–H and O–H groups in total. The summed E-state index contributed by atoms with van der Waals surface area (Å²) in [6, 6.07) is 9.63. The number of amides is 1. The van der Waals surface area contributed by atoms with Gasteiger partial charge in [0.25, 0.3) is 5.91 Å². The number of pyridine rings is 1. The molecule has 1 atom stereocenters. The summed E-state index contributed by atoms with van der Waals surface area (Å²) in [6.45, 7) is 6.65. The molecule has 4 aromatic rings. The van der Waals surface area contributed by atoms with Gasteiger partial charge in [0.1, 0.15) is 23.3 Å². The number of allylic oxidation sites excluding steroid dienone is 1. The lowest BCUT2D eigenvalue weighted by molar-refractivity contribution is -0.140. The molecule has 41 heavy (non-hydrogen) atoms. The van der Waals surface area contributed by atoms with E-state index in [1.165, 1.54) is 10.7 Å². The van der Waals surface area contributed by atoms with E-state index in [1.54, 1.807) is 64.4 Å². The van der Waals surface area contributed by atoms with Crippen LogP contribution in [0.4, 0.5) is 29.1 Å². The topological polar surface area (TPSA) is 98.1 Å². The normalized spacial score (nSPS) is 15.4. The van der Waals surface area contributed by atoms with Gasteiger partial charge in [0.05, 0.1) is 11.1 Å². The Hall–Kier alpha value is -4.74. The Morgan fingerprint density at radius 1 is 1.02 bits per heavy atom. The number of fused-ring (bicyclic) bond motifs is 2. The fourth-order valence-electron chi connectivity index (χ4n) is 4.59. The first-order valence-corrected chi connectivity index (χ1v) is 12.5. The number of hydrogen-bond donors (Lipinski definition) is 2. The van der Waals surface area contributed by atoms with Crippen molar-refractivity contribution in [3.63, 3.8) is 0 Å². The maximum absolute atomic E-state index is 14.8. The average Bonchev–Trinajstić information content (AvgIpc) is 3.30. The molecule has 0 aliphatic carbocycles. The highest BCUT2D eigenvalue weighted by molar-refractivity contribution is 6.07. The summed E-state index contributed by atoms with van der Waals surface area (Å²) in [6.07, 6.45) is -1.62. The first kappa shape index (κ1) is 27.8. The van der Waals surface area contributed by atoms with Crippen LogP contribution < -0.4 is 10.6 Å². The van der Waals surface area contributed by atoms with Crippen LogP contribution in [0.5, 0.6) is 0 Å². The van der Waals surface area contributed by atoms with Crippen LogP contribution >= 0.6 is 0 Å². The van der Waals surface area contributed by atoms with Crippen molar-refractivity contribution >= 4 is 34.2 Å². The van der Waals surface area contributed by atoms with Gasteiger partial charge in [-0.15, -0.1) is 0 Å². The van der Waals surface area contributed by atoms with E-state index < -0.39 is 41.1 Å². The van der Waals surface area contributed by atoms with Gasteiger partial charge in [0, 0.05) is 35.2 Å². The van der Waals surface area contributed by atoms with Gasteiger partial charge in [-0.3, -0.25) is 9.78 Å². The van der Waals surface area contributed by atoms with E-state index in [1.807, 2.05) is 0 Å². The number of hydrogen-bond acceptors (Lipinski definition) is 6. The maximum Gasteiger partial charge on any atom is 0.419 e. The lowest BCUT2D eigenvalue weighted by Crippen LogP contribution is -2.31. The molecule has 1 aliphatic rings. The number of nitrogens with one attached hydrogen (secondary N) is 2. The summed E-state index contributed by atoms with van der Waals surface area (Å²) in [5, 5.41) is 11.8. The van der Waals surface area contributed by atoms with E-state index in [0.29, 0.717) is 17.5 Å². The zero-order chi connectivity index (χ0) is 29.7. The minimum atomic E-state index is -4.91. The molecule has 0 fully saturated rings. The lowest BCUT2D eigenvalue weighted by Gasteiger charge is -2.30. The van der Waals surface area contributed by atoms with Gasteiger partial charge in [-0.1, -0.05) is 12.1 Å². The highest BCUT2D eigenvalue weighted by Crippen LogP contribution is 2.39. The van der Waals surface area contributed by atoms with E-state index in [4.69, 9.17) is 4.74 Å². The van der Waals surface area contributed by atoms with Crippen molar-refractivity contribution in [3.8, 4) is 0 Å². The molecular formula is C29H25F4N5O3. The third-order valence-electron chi connectivity index (χ3n) is 6.34. The molecule has 0 saturated heterocycles. The number of alkyl halides is 3. The third kappa shape index (κ3) is 5.63. The SMILES string of the molecule is CC1=C(C(=O)Nc2ccc3cnccc3c2)C(c2ccc(C(F)(F)F)c(F)c2)n2nc(C(=O)OC(C)(C)C)cc2N1. The fourth-order valence-corrected chi connectivity index (χ4v) is 4.59. The summed E-state index contributed by atoms with van der Waals surface area (Å²) in [5.41, 5.74) is -1.50. The Morgan fingerprint density at radius 3 is 2.46 bits per heavy atom. The predicted molar refractivity (Wildman–Crippen MR) is 144 cm³/mol. The Labute approximate surface area is 232 Å². The second-order valence-corrected chi connectivity index (χ2v) is 10.6. The van der Waals surface area contributed by atoms with Crippen molar-refractivity contribution < 1.29 is 31.9 Å². The molecule has 12 heteroatoms. The van der Waals surface area contributed by atoms with Gasteiger partial charge in [0.15, 0.2) is 5.69 Å². The number of carbonyl (C=O) groups is 2. The number of anilines is 2. The molecule has 0 spiro atoms. The van der Waals surface area contributed by atoms with Crippen LogP contribution in [0.1, 0.15) is 55.4 Å². The largest absolute Gasteiger partial charge is 0.455 e. The summed E-state index contributed by atoms with van der Waals surface area (Å²) < 4.78 is 61.4. The molecule has 3 heterocycles. The van der Waals surface area contributed by atoms with Gasteiger partial charge in [-0.2, -0.15) is 18.3 Å². The number of ether oxygens (including phenoxy) is 1. The minimum Gasteiger partial charge on any atom is -0.455 e. The quantitative estimate of drug-likeness (QED) is 0.217. The molecule has 1 amide bonds. The van der Waals surface area contributed by atoms with Crippen LogP contribution in [0.25, 0.3) is 10.8 Å². The molecule has 0 saturated carbocycles. The van der Waals surface area contributed by atoms with Crippen molar-refractivity contribution in [2.45, 2.75) is 45.5 Å². The lowest BCUT2D eigenvalue weighted by atomic mass is 9.93. The summed E-state index contributed by atoms with van der Waals surface area (Å²) in [5.74, 6) is -2.58. The molecule has 8 nitrogen and oxygen atoms in total. The van der Waals surface area contributed by atoms with E-state index in [0.717, 1.165) is 22.9 Å². The van der Waals surface area contributed by atoms with Gasteiger partial charge in [-0.05, 0) is 69.0 Å². The first-order chi connectivity index (χ1) is 19.2. The summed E-state index contributed by atoms with van der Waals surface area (Å²) in [4.78, 5) is 30.6. The second kappa shape index (κ2) is 10.0. The maximum atomic E-state index is 14.8. The highest BCUT2D eigenvalue weighted by Gasteiger charge is 2.38. The molecule has 0 bridgehead atoms. The van der Waals surface area contributed by atoms with Gasteiger partial charge in [0.2, 0.25) is 0 Å². The number of carbonyl (C=O) groups excluding carboxylic acids is 2. The van der Waals surface area contributed by atoms with Crippen LogP contribution in [-0.2, 0) is 15.7 Å². The fraction of sp³-hybridized carbons (Fsp3) is 0.241. The molecule has 1 aliphatic heterocycles. The number of aromatic nitrogens is 3. The second-order valence-electron chi connectivity index (χ2n) is 10.6. The van der Waals surface area contributed by atoms with E-state index in [9.17, 15) is 27.2 Å². The molecule has 0 radical (unpaired) electrons. The predicted octanol–water partition coefficient (Wildman–Crippen LogP) is 6.47. The van der Waals surface area contributed by atoms with Gasteiger partial charge < -0.3 is 15.4 Å². The number of benzene rings is 2. The van der Waals surface area contributed by atoms with Crippen molar-refractivity contribution in [3.05, 3.63) is 94.8 Å². The third-order valence-corrected chi connectivity index (χ3v) is 6.34. The Morgan fingerprint density at radius 2 is 1.78 bits per heavy atom. The molecule has 5 rings (SSSR count). The zero-order valence-electron chi connectivity index (χ0n) is 22.4. The van der Waals surface area contributed by atoms with Crippen LogP contribution in [0.3, 0.4) is 0 Å². The smallest absolute Gasteiger partial charge is 0.419 e. The molecule has 1 unspecified atom stereocenters. The number of halogens is 4. The molecular weight excluding hydrogens is 542 g/mol. The van der Waals surface area contributed by atoms with Crippen molar-refractivity contribution in [1.29, 1.82) is 0 Å². The number of esters is 1. The van der Waals surface area contributed by atoms with Gasteiger partial charge >= 0.3 is 12.1 Å². The van der Waals surface area contributed by atoms with Crippen LogP contribution in [0.15, 0.2) is 72.2 Å². The Balaban J connectivity index is 1.58. The Bertz CT molecular complexity index is 1720. The first-order valence-electron chi connectivity index (χ1n) is 12.5. The van der Waals surface area contributed by atoms with E-state index in [2.05, 4.69) is 20.7 Å². The summed E-state index contributed by atoms with van der Waals surface area (Å²) in [7, 11) is 0. The molecule has 2 aromatic heterocycles. The van der Waals surface area contributed by atoms with Crippen LogP contribution in [-0.4, -0.2) is 32.2 Å². The van der Waals surface area contributed by atoms with E-state index in [-0.39, 0.29) is 22.6 Å². The van der Waals surface area contributed by atoms with Crippen molar-refractivity contribution in [2.75, 3.05) is 10.6 Å². The summed E-state index contributed by atoms with van der Waals surface area (Å²) >= 11 is 0. The zero-order valence-corrected chi connectivity index (χ0v) is 22.4. The molecule has 212 valence electrons. The van der Waals surface area contributed by atoms with Crippen LogP contribution in [0.2, 0.25) is 0 Å². The van der Waals surface area contributed by atoms with Gasteiger partial charge in [-0.25, -0.2) is 13.9 Å². The van der Waals surface area contributed by atoms with Crippen molar-refractivity contribution in [1.82, 2.24) is 14.8 Å². The Kier molecular flexibility index (Phi) is 6.80. The number of nitrogens with zero attached hydrogens (tertiary/aromatic N) is 3. The molecule has 2 aromatic carbocycles. The van der Waals surface area contributed by atoms with Crippen LogP contribution in [0, 0.1) is 5.82 Å². The number of rotatable bonds is 4. The standard InChI is InChI=1S/C29H25F4N5O3/c1-15-24(26(39)36-19-7-5-18-14-34-10-9-16(18)11-19)25(17-6-8-20(21(30)12-17)29(31,32)33)38-23(35-15)13-22(37-38)27(40)41-28(2,3)4/h5-14,25,35H,1-4H3,(H,36,39). The highest BCUT2D eigenvalue weighted by atomic mass is 19.4.